The van der Waals surface area contributed by atoms with Gasteiger partial charge in [0.2, 0.25) is 5.91 Å². The van der Waals surface area contributed by atoms with Crippen LogP contribution in [0.4, 0.5) is 5.69 Å². The predicted molar refractivity (Wildman–Crippen MR) is 113 cm³/mol. The summed E-state index contributed by atoms with van der Waals surface area (Å²) in [5.41, 5.74) is 1.20. The maximum Gasteiger partial charge on any atom is 0.262 e. The van der Waals surface area contributed by atoms with Gasteiger partial charge in [-0.1, -0.05) is 30.8 Å². The second-order valence-electron chi connectivity index (χ2n) is 6.56. The number of fused-ring (bicyclic) bond motifs is 2. The van der Waals surface area contributed by atoms with Gasteiger partial charge in [0.1, 0.15) is 13.2 Å². The predicted octanol–water partition coefficient (Wildman–Crippen LogP) is 3.31. The zero-order valence-corrected chi connectivity index (χ0v) is 16.8. The first-order valence-corrected chi connectivity index (χ1v) is 10.5. The van der Waals surface area contributed by atoms with Crippen molar-refractivity contribution in [1.29, 1.82) is 0 Å². The molecule has 0 bridgehead atoms. The van der Waals surface area contributed by atoms with E-state index in [9.17, 15) is 9.59 Å². The molecule has 0 fully saturated rings. The van der Waals surface area contributed by atoms with E-state index in [4.69, 9.17) is 9.47 Å². The van der Waals surface area contributed by atoms with Crippen LogP contribution in [0.25, 0.3) is 10.9 Å². The molecule has 2 aromatic carbocycles. The second kappa shape index (κ2) is 8.57. The minimum absolute atomic E-state index is 0.0767. The summed E-state index contributed by atoms with van der Waals surface area (Å²) in [6, 6.07) is 12.6. The molecule has 0 spiro atoms. The zero-order chi connectivity index (χ0) is 20.2. The van der Waals surface area contributed by atoms with E-state index in [0.29, 0.717) is 53.0 Å². The second-order valence-corrected chi connectivity index (χ2v) is 7.51. The number of aromatic nitrogens is 2. The van der Waals surface area contributed by atoms with Gasteiger partial charge < -0.3 is 14.8 Å². The number of carbonyl (C=O) groups excluding carboxylic acids is 1. The highest BCUT2D eigenvalue weighted by atomic mass is 32.2. The molecule has 1 N–H and O–H groups in total. The van der Waals surface area contributed by atoms with Crippen LogP contribution in [0.15, 0.2) is 52.4 Å². The molecule has 0 unspecified atom stereocenters. The number of hydrogen-bond acceptors (Lipinski definition) is 6. The van der Waals surface area contributed by atoms with Crippen molar-refractivity contribution in [3.8, 4) is 11.5 Å². The van der Waals surface area contributed by atoms with Crippen LogP contribution in [0.1, 0.15) is 13.3 Å². The minimum atomic E-state index is -0.183. The molecule has 29 heavy (non-hydrogen) atoms. The van der Waals surface area contributed by atoms with Gasteiger partial charge in [-0.25, -0.2) is 4.98 Å². The lowest BCUT2D eigenvalue weighted by atomic mass is 10.2. The molecule has 4 rings (SSSR count). The SMILES string of the molecule is CCCn1c(SCC(=O)Nc2ccc3c(c2)OCCO3)nc2ccccc2c1=O. The maximum atomic E-state index is 12.8. The smallest absolute Gasteiger partial charge is 0.262 e. The van der Waals surface area contributed by atoms with Crippen LogP contribution in [0.5, 0.6) is 11.5 Å². The van der Waals surface area contributed by atoms with Crippen molar-refractivity contribution in [2.24, 2.45) is 0 Å². The van der Waals surface area contributed by atoms with E-state index in [1.54, 1.807) is 28.8 Å². The number of hydrogen-bond donors (Lipinski definition) is 1. The van der Waals surface area contributed by atoms with Gasteiger partial charge in [0.15, 0.2) is 16.7 Å². The molecule has 1 aliphatic heterocycles. The summed E-state index contributed by atoms with van der Waals surface area (Å²) in [6.07, 6.45) is 0.802. The third-order valence-corrected chi connectivity index (χ3v) is 5.41. The fourth-order valence-corrected chi connectivity index (χ4v) is 3.95. The molecule has 0 saturated carbocycles. The highest BCUT2D eigenvalue weighted by Gasteiger charge is 2.15. The van der Waals surface area contributed by atoms with Crippen LogP contribution >= 0.6 is 11.8 Å². The number of rotatable bonds is 6. The van der Waals surface area contributed by atoms with E-state index in [1.807, 2.05) is 25.1 Å². The molecule has 7 nitrogen and oxygen atoms in total. The van der Waals surface area contributed by atoms with Gasteiger partial charge in [0, 0.05) is 18.3 Å². The molecule has 0 saturated heterocycles. The number of carbonyl (C=O) groups is 1. The fraction of sp³-hybridized carbons (Fsp3) is 0.286. The van der Waals surface area contributed by atoms with Crippen molar-refractivity contribution in [3.05, 3.63) is 52.8 Å². The highest BCUT2D eigenvalue weighted by Crippen LogP contribution is 2.32. The number of amides is 1. The highest BCUT2D eigenvalue weighted by molar-refractivity contribution is 7.99. The summed E-state index contributed by atoms with van der Waals surface area (Å²) in [4.78, 5) is 29.8. The van der Waals surface area contributed by atoms with E-state index in [-0.39, 0.29) is 17.2 Å². The lowest BCUT2D eigenvalue weighted by Crippen LogP contribution is -2.24. The van der Waals surface area contributed by atoms with Crippen molar-refractivity contribution in [3.63, 3.8) is 0 Å². The molecular weight excluding hydrogens is 390 g/mol. The number of benzene rings is 2. The quantitative estimate of drug-likeness (QED) is 0.495. The standard InChI is InChI=1S/C21H21N3O4S/c1-2-9-24-20(26)15-5-3-4-6-16(15)23-21(24)29-13-19(25)22-14-7-8-17-18(12-14)28-11-10-27-17/h3-8,12H,2,9-11,13H2,1H3,(H,22,25). The van der Waals surface area contributed by atoms with Gasteiger partial charge >= 0.3 is 0 Å². The fourth-order valence-electron chi connectivity index (χ4n) is 3.13. The number of anilines is 1. The molecule has 0 aliphatic carbocycles. The molecule has 1 aliphatic rings. The Labute approximate surface area is 172 Å². The van der Waals surface area contributed by atoms with Crippen LogP contribution in [0.3, 0.4) is 0 Å². The lowest BCUT2D eigenvalue weighted by Gasteiger charge is -2.19. The Morgan fingerprint density at radius 1 is 1.17 bits per heavy atom. The van der Waals surface area contributed by atoms with Crippen LogP contribution in [-0.2, 0) is 11.3 Å². The number of thioether (sulfide) groups is 1. The summed E-state index contributed by atoms with van der Waals surface area (Å²) in [7, 11) is 0. The van der Waals surface area contributed by atoms with E-state index in [0.717, 1.165) is 6.42 Å². The van der Waals surface area contributed by atoms with Gasteiger partial charge in [-0.05, 0) is 30.7 Å². The van der Waals surface area contributed by atoms with Crippen LogP contribution in [0, 0.1) is 0 Å². The Bertz CT molecular complexity index is 1110. The van der Waals surface area contributed by atoms with Gasteiger partial charge in [-0.2, -0.15) is 0 Å². The molecule has 150 valence electrons. The van der Waals surface area contributed by atoms with E-state index >= 15 is 0 Å². The zero-order valence-electron chi connectivity index (χ0n) is 16.0. The van der Waals surface area contributed by atoms with Crippen molar-refractivity contribution in [2.45, 2.75) is 25.0 Å². The number of nitrogens with one attached hydrogen (secondary N) is 1. The van der Waals surface area contributed by atoms with Gasteiger partial charge in [-0.15, -0.1) is 0 Å². The van der Waals surface area contributed by atoms with Gasteiger partial charge in [0.05, 0.1) is 16.7 Å². The molecule has 1 aromatic heterocycles. The Hall–Kier alpha value is -3.00. The van der Waals surface area contributed by atoms with Crippen molar-refractivity contribution >= 4 is 34.3 Å². The first kappa shape index (κ1) is 19.3. The van der Waals surface area contributed by atoms with Crippen LogP contribution in [-0.4, -0.2) is 34.4 Å². The topological polar surface area (TPSA) is 82.5 Å². The summed E-state index contributed by atoms with van der Waals surface area (Å²) < 4.78 is 12.7. The molecular formula is C21H21N3O4S. The molecule has 0 atom stereocenters. The Morgan fingerprint density at radius 3 is 2.79 bits per heavy atom. The molecule has 8 heteroatoms. The summed E-state index contributed by atoms with van der Waals surface area (Å²) >= 11 is 1.26. The van der Waals surface area contributed by atoms with E-state index in [2.05, 4.69) is 10.3 Å². The van der Waals surface area contributed by atoms with Gasteiger partial charge in [-0.3, -0.25) is 14.2 Å². The first-order chi connectivity index (χ1) is 14.2. The molecule has 0 radical (unpaired) electrons. The van der Waals surface area contributed by atoms with Crippen molar-refractivity contribution in [1.82, 2.24) is 9.55 Å². The largest absolute Gasteiger partial charge is 0.486 e. The van der Waals surface area contributed by atoms with Crippen LogP contribution < -0.4 is 20.3 Å². The van der Waals surface area contributed by atoms with Gasteiger partial charge in [0.25, 0.3) is 5.56 Å². The van der Waals surface area contributed by atoms with Crippen molar-refractivity contribution in [2.75, 3.05) is 24.3 Å². The van der Waals surface area contributed by atoms with E-state index < -0.39 is 0 Å². The van der Waals surface area contributed by atoms with Crippen molar-refractivity contribution < 1.29 is 14.3 Å². The number of nitrogens with zero attached hydrogens (tertiary/aromatic N) is 2. The normalized spacial score (nSPS) is 12.7. The average molecular weight is 411 g/mol. The first-order valence-electron chi connectivity index (χ1n) is 9.47. The lowest BCUT2D eigenvalue weighted by molar-refractivity contribution is -0.113. The number of para-hydroxylation sites is 1. The Balaban J connectivity index is 1.49. The molecule has 2 heterocycles. The molecule has 1 amide bonds. The molecule has 3 aromatic rings. The Kier molecular flexibility index (Phi) is 5.71. The summed E-state index contributed by atoms with van der Waals surface area (Å²) in [5.74, 6) is 1.25. The maximum absolute atomic E-state index is 12.8. The minimum Gasteiger partial charge on any atom is -0.486 e. The van der Waals surface area contributed by atoms with Crippen LogP contribution in [0.2, 0.25) is 0 Å². The summed E-state index contributed by atoms with van der Waals surface area (Å²) in [5, 5.41) is 3.99. The summed E-state index contributed by atoms with van der Waals surface area (Å²) in [6.45, 7) is 3.57. The monoisotopic (exact) mass is 411 g/mol. The average Bonchev–Trinajstić information content (AvgIpc) is 2.74. The van der Waals surface area contributed by atoms with E-state index in [1.165, 1.54) is 11.8 Å². The third-order valence-electron chi connectivity index (χ3n) is 4.43. The Morgan fingerprint density at radius 2 is 1.97 bits per heavy atom. The number of ether oxygens (including phenoxy) is 2. The third kappa shape index (κ3) is 4.22.